The summed E-state index contributed by atoms with van der Waals surface area (Å²) in [6.45, 7) is 5.67. The van der Waals surface area contributed by atoms with Crippen molar-refractivity contribution in [1.29, 1.82) is 0 Å². The van der Waals surface area contributed by atoms with Crippen LogP contribution in [0.5, 0.6) is 11.5 Å². The van der Waals surface area contributed by atoms with E-state index in [2.05, 4.69) is 32.3 Å². The van der Waals surface area contributed by atoms with Crippen LogP contribution in [0, 0.1) is 0 Å². The number of carbonyl (C=O) groups excluding carboxylic acids is 2. The molecule has 1 amide bonds. The van der Waals surface area contributed by atoms with Gasteiger partial charge in [0.25, 0.3) is 0 Å². The van der Waals surface area contributed by atoms with E-state index in [1.165, 1.54) is 12.4 Å². The Balaban J connectivity index is 1.89. The van der Waals surface area contributed by atoms with Crippen LogP contribution in [0.25, 0.3) is 11.0 Å². The number of aromatic nitrogens is 2. The Bertz CT molecular complexity index is 1620. The molecule has 0 saturated carbocycles. The smallest absolute Gasteiger partial charge is 0.248 e. The average molecular weight is 617 g/mol. The van der Waals surface area contributed by atoms with Crippen LogP contribution in [0.4, 0.5) is 17.3 Å². The molecule has 1 heterocycles. The number of hydrogen-bond donors (Lipinski definition) is 5. The number of anilines is 2. The summed E-state index contributed by atoms with van der Waals surface area (Å²) >= 11 is 0. The lowest BCUT2D eigenvalue weighted by Crippen LogP contribution is -2.32. The summed E-state index contributed by atoms with van der Waals surface area (Å²) in [5, 5.41) is 6.27. The molecule has 0 spiro atoms. The molecule has 0 saturated heterocycles. The standard InChI is InChI=1S/C31H40N10O4/c1-35-20-40(28-24(36-2)13-21(19-42)14-26(28)44-4)10-6-7-11-41-29-25(39-31(41)37-3)15-22(30(34)43)16-27(29)45-12-8-5-9-38-18-23(33)17-32/h5-8,13-19,35H,2,9-12,20,32-33H2,1,3-4H3,(H2,34,43)(H,37,39)/b7-6+,8-5+,23-17+,38-18?. The molecule has 0 aliphatic heterocycles. The molecule has 14 heteroatoms. The summed E-state index contributed by atoms with van der Waals surface area (Å²) in [6.07, 6.45) is 11.1. The van der Waals surface area contributed by atoms with Gasteiger partial charge in [0.1, 0.15) is 35.6 Å². The lowest BCUT2D eigenvalue weighted by atomic mass is 10.1. The van der Waals surface area contributed by atoms with Gasteiger partial charge in [-0.15, -0.1) is 0 Å². The fourth-order valence-corrected chi connectivity index (χ4v) is 4.48. The van der Waals surface area contributed by atoms with Crippen molar-refractivity contribution >= 4 is 53.5 Å². The van der Waals surface area contributed by atoms with Crippen LogP contribution < -0.4 is 42.2 Å². The van der Waals surface area contributed by atoms with Crippen LogP contribution in [0.2, 0.25) is 0 Å². The molecular formula is C31H40N10O4. The van der Waals surface area contributed by atoms with Gasteiger partial charge < -0.3 is 46.8 Å². The van der Waals surface area contributed by atoms with Crippen molar-refractivity contribution in [2.45, 2.75) is 6.54 Å². The molecular weight excluding hydrogens is 576 g/mol. The van der Waals surface area contributed by atoms with Crippen molar-refractivity contribution in [2.75, 3.05) is 57.8 Å². The number of hydrogen-bond acceptors (Lipinski definition) is 12. The molecule has 0 radical (unpaired) electrons. The van der Waals surface area contributed by atoms with Gasteiger partial charge in [-0.2, -0.15) is 0 Å². The first-order valence-electron chi connectivity index (χ1n) is 14.0. The second-order valence-corrected chi connectivity index (χ2v) is 9.52. The number of rotatable bonds is 18. The van der Waals surface area contributed by atoms with E-state index in [0.717, 1.165) is 6.29 Å². The van der Waals surface area contributed by atoms with Gasteiger partial charge in [0.05, 0.1) is 37.2 Å². The minimum Gasteiger partial charge on any atom is -0.494 e. The zero-order valence-corrected chi connectivity index (χ0v) is 25.7. The molecule has 45 heavy (non-hydrogen) atoms. The number of amides is 1. The van der Waals surface area contributed by atoms with Crippen molar-refractivity contribution in [3.05, 3.63) is 71.6 Å². The highest BCUT2D eigenvalue weighted by atomic mass is 16.5. The molecule has 3 aromatic rings. The first-order valence-corrected chi connectivity index (χ1v) is 14.0. The van der Waals surface area contributed by atoms with Crippen molar-refractivity contribution < 1.29 is 19.1 Å². The molecule has 8 N–H and O–H groups in total. The summed E-state index contributed by atoms with van der Waals surface area (Å²) in [5.74, 6) is 0.943. The summed E-state index contributed by atoms with van der Waals surface area (Å²) in [4.78, 5) is 38.4. The highest BCUT2D eigenvalue weighted by Gasteiger charge is 2.19. The van der Waals surface area contributed by atoms with E-state index in [1.807, 2.05) is 34.7 Å². The Morgan fingerprint density at radius 1 is 1.13 bits per heavy atom. The second kappa shape index (κ2) is 16.9. The van der Waals surface area contributed by atoms with Crippen LogP contribution in [-0.2, 0) is 6.54 Å². The third-order valence-corrected chi connectivity index (χ3v) is 6.51. The second-order valence-electron chi connectivity index (χ2n) is 9.52. The zero-order chi connectivity index (χ0) is 32.8. The van der Waals surface area contributed by atoms with E-state index >= 15 is 0 Å². The Kier molecular flexibility index (Phi) is 12.7. The van der Waals surface area contributed by atoms with Gasteiger partial charge in [-0.05, 0) is 44.1 Å². The fraction of sp³-hybridized carbons (Fsp3) is 0.258. The van der Waals surface area contributed by atoms with Crippen LogP contribution >= 0.6 is 0 Å². The van der Waals surface area contributed by atoms with E-state index in [0.29, 0.717) is 77.4 Å². The van der Waals surface area contributed by atoms with Gasteiger partial charge in [-0.1, -0.05) is 18.2 Å². The van der Waals surface area contributed by atoms with E-state index in [4.69, 9.17) is 26.7 Å². The number of aliphatic imine (C=N–C) groups is 2. The minimum absolute atomic E-state index is 0.217. The Morgan fingerprint density at radius 2 is 1.93 bits per heavy atom. The molecule has 0 unspecified atom stereocenters. The predicted molar refractivity (Wildman–Crippen MR) is 180 cm³/mol. The third-order valence-electron chi connectivity index (χ3n) is 6.51. The lowest BCUT2D eigenvalue weighted by Gasteiger charge is -2.26. The van der Waals surface area contributed by atoms with Crippen LogP contribution in [0.1, 0.15) is 20.7 Å². The highest BCUT2D eigenvalue weighted by Crippen LogP contribution is 2.39. The van der Waals surface area contributed by atoms with Crippen LogP contribution in [0.15, 0.2) is 70.5 Å². The van der Waals surface area contributed by atoms with E-state index in [-0.39, 0.29) is 12.2 Å². The van der Waals surface area contributed by atoms with Gasteiger partial charge in [0.2, 0.25) is 11.9 Å². The van der Waals surface area contributed by atoms with Crippen molar-refractivity contribution in [3.63, 3.8) is 0 Å². The van der Waals surface area contributed by atoms with Gasteiger partial charge in [0.15, 0.2) is 0 Å². The van der Waals surface area contributed by atoms with Crippen molar-refractivity contribution in [2.24, 2.45) is 27.2 Å². The summed E-state index contributed by atoms with van der Waals surface area (Å²) in [6, 6.07) is 6.58. The zero-order valence-electron chi connectivity index (χ0n) is 25.7. The number of primary amides is 1. The molecule has 0 atom stereocenters. The number of methoxy groups -OCH3 is 1. The maximum absolute atomic E-state index is 12.1. The molecule has 14 nitrogen and oxygen atoms in total. The summed E-state index contributed by atoms with van der Waals surface area (Å²) in [5.41, 5.74) is 20.1. The molecule has 238 valence electrons. The number of benzene rings is 2. The van der Waals surface area contributed by atoms with E-state index in [9.17, 15) is 9.59 Å². The monoisotopic (exact) mass is 616 g/mol. The number of nitrogens with one attached hydrogen (secondary N) is 2. The fourth-order valence-electron chi connectivity index (χ4n) is 4.48. The van der Waals surface area contributed by atoms with Crippen molar-refractivity contribution in [3.8, 4) is 11.5 Å². The number of aldehydes is 1. The van der Waals surface area contributed by atoms with Crippen molar-refractivity contribution in [1.82, 2.24) is 14.9 Å². The number of fused-ring (bicyclic) bond motifs is 1. The first-order chi connectivity index (χ1) is 21.8. The quantitative estimate of drug-likeness (QED) is 0.0611. The minimum atomic E-state index is -0.591. The average Bonchev–Trinajstić information content (AvgIpc) is 3.42. The van der Waals surface area contributed by atoms with E-state index < -0.39 is 5.91 Å². The third kappa shape index (κ3) is 8.70. The first kappa shape index (κ1) is 33.9. The molecule has 0 aliphatic carbocycles. The Morgan fingerprint density at radius 3 is 2.58 bits per heavy atom. The normalized spacial score (nSPS) is 11.9. The Hall–Kier alpha value is -5.63. The molecule has 0 fully saturated rings. The lowest BCUT2D eigenvalue weighted by molar-refractivity contribution is 0.0999. The molecule has 0 bridgehead atoms. The van der Waals surface area contributed by atoms with Crippen LogP contribution in [0.3, 0.4) is 0 Å². The number of ether oxygens (including phenoxy) is 2. The SMILES string of the molecule is C=Nc1cc(C=O)cc(OC)c1N(C/C=C/Cn1c(NC)nc2cc(C(N)=O)cc(OC/C=C/CN=C/C(N)=C\N)c21)CNC. The van der Waals surface area contributed by atoms with Crippen LogP contribution in [-0.4, -0.2) is 82.2 Å². The maximum atomic E-state index is 12.1. The largest absolute Gasteiger partial charge is 0.494 e. The molecule has 3 rings (SSSR count). The van der Waals surface area contributed by atoms with Gasteiger partial charge in [-0.25, -0.2) is 4.98 Å². The Labute approximate surface area is 262 Å². The van der Waals surface area contributed by atoms with Gasteiger partial charge in [-0.3, -0.25) is 19.6 Å². The number of nitrogens with zero attached hydrogens (tertiary/aromatic N) is 5. The number of carbonyl (C=O) groups is 2. The number of allylic oxidation sites excluding steroid dienone is 2. The maximum Gasteiger partial charge on any atom is 0.248 e. The van der Waals surface area contributed by atoms with Gasteiger partial charge in [0, 0.05) is 43.7 Å². The molecule has 2 aromatic carbocycles. The van der Waals surface area contributed by atoms with E-state index in [1.54, 1.807) is 44.5 Å². The predicted octanol–water partition coefficient (Wildman–Crippen LogP) is 2.33. The topological polar surface area (TPSA) is 201 Å². The number of imidazole rings is 1. The molecule has 1 aromatic heterocycles. The number of nitrogens with two attached hydrogens (primary N) is 3. The highest BCUT2D eigenvalue weighted by molar-refractivity contribution is 5.99. The summed E-state index contributed by atoms with van der Waals surface area (Å²) in [7, 11) is 5.14. The molecule has 0 aliphatic rings. The summed E-state index contributed by atoms with van der Waals surface area (Å²) < 4.78 is 13.6. The van der Waals surface area contributed by atoms with Gasteiger partial charge >= 0.3 is 0 Å².